The van der Waals surface area contributed by atoms with Crippen LogP contribution in [0, 0.1) is 0 Å². The van der Waals surface area contributed by atoms with Gasteiger partial charge in [-0.2, -0.15) is 0 Å². The van der Waals surface area contributed by atoms with Crippen LogP contribution < -0.4 is 0 Å². The molecule has 1 saturated carbocycles. The summed E-state index contributed by atoms with van der Waals surface area (Å²) in [5.41, 5.74) is 3.36. The first kappa shape index (κ1) is 12.2. The fourth-order valence-electron chi connectivity index (χ4n) is 3.02. The molecule has 98 valence electrons. The van der Waals surface area contributed by atoms with Crippen LogP contribution in [0.4, 0.5) is 0 Å². The molecule has 0 atom stereocenters. The average molecular weight is 254 g/mol. The Kier molecular flexibility index (Phi) is 3.49. The monoisotopic (exact) mass is 254 g/mol. The minimum atomic E-state index is 0.408. The Morgan fingerprint density at radius 1 is 1.00 bits per heavy atom. The third-order valence-electron chi connectivity index (χ3n) is 4.10. The van der Waals surface area contributed by atoms with Crippen molar-refractivity contribution in [3.8, 4) is 11.1 Å². The van der Waals surface area contributed by atoms with Gasteiger partial charge >= 0.3 is 0 Å². The molecule has 0 bridgehead atoms. The van der Waals surface area contributed by atoms with Gasteiger partial charge in [0.05, 0.1) is 6.26 Å². The largest absolute Gasteiger partial charge is 0.461 e. The van der Waals surface area contributed by atoms with E-state index in [1.807, 2.05) is 6.07 Å². The zero-order valence-corrected chi connectivity index (χ0v) is 11.0. The Morgan fingerprint density at radius 3 is 2.42 bits per heavy atom. The second kappa shape index (κ2) is 5.43. The number of furan rings is 1. The Labute approximate surface area is 113 Å². The molecular weight excluding hydrogens is 236 g/mol. The summed E-state index contributed by atoms with van der Waals surface area (Å²) in [6, 6.07) is 10.4. The summed E-state index contributed by atoms with van der Waals surface area (Å²) in [4.78, 5) is 10.9. The van der Waals surface area contributed by atoms with Crippen LogP contribution >= 0.6 is 0 Å². The van der Waals surface area contributed by atoms with Crippen molar-refractivity contribution >= 4 is 6.29 Å². The zero-order chi connectivity index (χ0) is 13.1. The van der Waals surface area contributed by atoms with E-state index in [4.69, 9.17) is 4.42 Å². The van der Waals surface area contributed by atoms with Gasteiger partial charge < -0.3 is 4.42 Å². The van der Waals surface area contributed by atoms with Crippen LogP contribution in [-0.2, 0) is 0 Å². The molecule has 0 spiro atoms. The van der Waals surface area contributed by atoms with E-state index < -0.39 is 0 Å². The molecule has 19 heavy (non-hydrogen) atoms. The Morgan fingerprint density at radius 2 is 1.74 bits per heavy atom. The SMILES string of the molecule is O=Cc1occc1-c1ccc(C2CCCCC2)cc1. The molecule has 0 aliphatic heterocycles. The zero-order valence-electron chi connectivity index (χ0n) is 11.0. The number of carbonyl (C=O) groups is 1. The molecular formula is C17H18O2. The summed E-state index contributed by atoms with van der Waals surface area (Å²) >= 11 is 0. The maximum atomic E-state index is 10.9. The van der Waals surface area contributed by atoms with E-state index in [2.05, 4.69) is 24.3 Å². The first-order chi connectivity index (χ1) is 9.38. The van der Waals surface area contributed by atoms with Gasteiger partial charge in [0.25, 0.3) is 0 Å². The maximum Gasteiger partial charge on any atom is 0.185 e. The van der Waals surface area contributed by atoms with Crippen LogP contribution in [0.2, 0.25) is 0 Å². The van der Waals surface area contributed by atoms with Crippen molar-refractivity contribution < 1.29 is 9.21 Å². The molecule has 2 nitrogen and oxygen atoms in total. The predicted octanol–water partition coefficient (Wildman–Crippen LogP) is 4.81. The number of carbonyl (C=O) groups excluding carboxylic acids is 1. The smallest absolute Gasteiger partial charge is 0.185 e. The van der Waals surface area contributed by atoms with Crippen LogP contribution in [0.5, 0.6) is 0 Å². The molecule has 1 heterocycles. The van der Waals surface area contributed by atoms with Gasteiger partial charge in [0, 0.05) is 5.56 Å². The Hall–Kier alpha value is -1.83. The van der Waals surface area contributed by atoms with E-state index >= 15 is 0 Å². The minimum Gasteiger partial charge on any atom is -0.461 e. The Balaban J connectivity index is 1.84. The highest BCUT2D eigenvalue weighted by molar-refractivity contribution is 5.84. The van der Waals surface area contributed by atoms with E-state index in [9.17, 15) is 4.79 Å². The second-order valence-corrected chi connectivity index (χ2v) is 5.27. The average Bonchev–Trinajstić information content (AvgIpc) is 2.97. The predicted molar refractivity (Wildman–Crippen MR) is 75.4 cm³/mol. The van der Waals surface area contributed by atoms with Crippen molar-refractivity contribution in [2.45, 2.75) is 38.0 Å². The van der Waals surface area contributed by atoms with E-state index in [0.717, 1.165) is 23.3 Å². The lowest BCUT2D eigenvalue weighted by atomic mass is 9.84. The second-order valence-electron chi connectivity index (χ2n) is 5.27. The lowest BCUT2D eigenvalue weighted by Gasteiger charge is -2.22. The number of hydrogen-bond donors (Lipinski definition) is 0. The van der Waals surface area contributed by atoms with Crippen molar-refractivity contribution in [3.63, 3.8) is 0 Å². The lowest BCUT2D eigenvalue weighted by Crippen LogP contribution is -2.04. The highest BCUT2D eigenvalue weighted by Crippen LogP contribution is 2.34. The number of benzene rings is 1. The van der Waals surface area contributed by atoms with Gasteiger partial charge in [0.1, 0.15) is 0 Å². The normalized spacial score (nSPS) is 16.4. The molecule has 3 rings (SSSR count). The summed E-state index contributed by atoms with van der Waals surface area (Å²) in [6.07, 6.45) is 9.03. The van der Waals surface area contributed by atoms with Gasteiger partial charge in [-0.15, -0.1) is 0 Å². The molecule has 1 aliphatic rings. The van der Waals surface area contributed by atoms with Crippen LogP contribution in [0.15, 0.2) is 41.0 Å². The van der Waals surface area contributed by atoms with Gasteiger partial charge in [-0.25, -0.2) is 0 Å². The minimum absolute atomic E-state index is 0.408. The third kappa shape index (κ3) is 2.48. The van der Waals surface area contributed by atoms with E-state index in [-0.39, 0.29) is 0 Å². The number of aldehydes is 1. The highest BCUT2D eigenvalue weighted by atomic mass is 16.3. The summed E-state index contributed by atoms with van der Waals surface area (Å²) in [5.74, 6) is 1.13. The first-order valence-corrected chi connectivity index (χ1v) is 7.01. The topological polar surface area (TPSA) is 30.2 Å². The lowest BCUT2D eigenvalue weighted by molar-refractivity contribution is 0.110. The van der Waals surface area contributed by atoms with Gasteiger partial charge in [-0.3, -0.25) is 4.79 Å². The van der Waals surface area contributed by atoms with E-state index in [1.165, 1.54) is 37.7 Å². The van der Waals surface area contributed by atoms with Gasteiger partial charge in [-0.1, -0.05) is 43.5 Å². The van der Waals surface area contributed by atoms with E-state index in [0.29, 0.717) is 5.76 Å². The van der Waals surface area contributed by atoms with Crippen molar-refractivity contribution in [3.05, 3.63) is 47.9 Å². The molecule has 0 amide bonds. The molecule has 1 aliphatic carbocycles. The Bertz CT molecular complexity index is 545. The molecule has 1 aromatic carbocycles. The van der Waals surface area contributed by atoms with Crippen molar-refractivity contribution in [1.82, 2.24) is 0 Å². The van der Waals surface area contributed by atoms with Crippen LogP contribution in [0.1, 0.15) is 54.1 Å². The highest BCUT2D eigenvalue weighted by Gasteiger charge is 2.15. The van der Waals surface area contributed by atoms with Crippen LogP contribution in [0.3, 0.4) is 0 Å². The van der Waals surface area contributed by atoms with Crippen LogP contribution in [0.25, 0.3) is 11.1 Å². The molecule has 0 unspecified atom stereocenters. The molecule has 2 heteroatoms. The maximum absolute atomic E-state index is 10.9. The summed E-state index contributed by atoms with van der Waals surface area (Å²) in [6.45, 7) is 0. The van der Waals surface area contributed by atoms with E-state index in [1.54, 1.807) is 6.26 Å². The van der Waals surface area contributed by atoms with Gasteiger partial charge in [-0.05, 0) is 36.0 Å². The molecule has 0 N–H and O–H groups in total. The number of hydrogen-bond acceptors (Lipinski definition) is 2. The first-order valence-electron chi connectivity index (χ1n) is 7.01. The van der Waals surface area contributed by atoms with Crippen molar-refractivity contribution in [2.75, 3.05) is 0 Å². The fourth-order valence-corrected chi connectivity index (χ4v) is 3.02. The quantitative estimate of drug-likeness (QED) is 0.736. The number of rotatable bonds is 3. The van der Waals surface area contributed by atoms with Crippen molar-refractivity contribution in [1.29, 1.82) is 0 Å². The third-order valence-corrected chi connectivity index (χ3v) is 4.10. The standard InChI is InChI=1S/C17H18O2/c18-12-17-16(10-11-19-17)15-8-6-14(7-9-15)13-4-2-1-3-5-13/h6-13H,1-5H2. The molecule has 0 radical (unpaired) electrons. The molecule has 2 aromatic rings. The van der Waals surface area contributed by atoms with Crippen molar-refractivity contribution in [2.24, 2.45) is 0 Å². The van der Waals surface area contributed by atoms with Gasteiger partial charge in [0.2, 0.25) is 0 Å². The summed E-state index contributed by atoms with van der Waals surface area (Å²) < 4.78 is 5.15. The molecule has 1 fully saturated rings. The summed E-state index contributed by atoms with van der Waals surface area (Å²) in [5, 5.41) is 0. The summed E-state index contributed by atoms with van der Waals surface area (Å²) in [7, 11) is 0. The molecule has 0 saturated heterocycles. The molecule has 1 aromatic heterocycles. The fraction of sp³-hybridized carbons (Fsp3) is 0.353. The van der Waals surface area contributed by atoms with Gasteiger partial charge in [0.15, 0.2) is 12.0 Å². The van der Waals surface area contributed by atoms with Crippen LogP contribution in [-0.4, -0.2) is 6.29 Å².